The first-order chi connectivity index (χ1) is 15.0. The van der Waals surface area contributed by atoms with Gasteiger partial charge in [-0.05, 0) is 54.8 Å². The molecule has 1 aliphatic rings. The molecule has 1 saturated heterocycles. The Morgan fingerprint density at radius 2 is 1.90 bits per heavy atom. The summed E-state index contributed by atoms with van der Waals surface area (Å²) < 4.78 is 13.9. The molecule has 1 aliphatic heterocycles. The number of hydrogen-bond donors (Lipinski definition) is 1. The third kappa shape index (κ3) is 4.60. The van der Waals surface area contributed by atoms with Crippen molar-refractivity contribution in [3.8, 4) is 17.3 Å². The summed E-state index contributed by atoms with van der Waals surface area (Å²) in [6.07, 6.45) is 4.24. The van der Waals surface area contributed by atoms with Gasteiger partial charge >= 0.3 is 0 Å². The summed E-state index contributed by atoms with van der Waals surface area (Å²) >= 11 is 0. The van der Waals surface area contributed by atoms with Crippen LogP contribution in [0, 0.1) is 17.1 Å². The van der Waals surface area contributed by atoms with Crippen molar-refractivity contribution in [2.24, 2.45) is 0 Å². The van der Waals surface area contributed by atoms with E-state index in [2.05, 4.69) is 16.0 Å². The standard InChI is InChI=1S/C24H21FN4O2/c25-19-5-6-20(22-7-10-27-16-28-22)21(13-19)23(30)29-11-8-24(31,9-12-29)14-17-1-3-18(15-26)4-2-17/h1-7,10,13,16,31H,8-9,11-12,14H2. The Labute approximate surface area is 179 Å². The van der Waals surface area contributed by atoms with Crippen LogP contribution < -0.4 is 0 Å². The largest absolute Gasteiger partial charge is 0.389 e. The van der Waals surface area contributed by atoms with Gasteiger partial charge in [-0.3, -0.25) is 4.79 Å². The quantitative estimate of drug-likeness (QED) is 0.704. The number of aromatic nitrogens is 2. The Morgan fingerprint density at radius 3 is 2.55 bits per heavy atom. The predicted molar refractivity (Wildman–Crippen MR) is 112 cm³/mol. The van der Waals surface area contributed by atoms with Crippen LogP contribution in [-0.2, 0) is 6.42 Å². The zero-order valence-corrected chi connectivity index (χ0v) is 16.8. The molecule has 0 bridgehead atoms. The van der Waals surface area contributed by atoms with E-state index >= 15 is 0 Å². The molecule has 1 fully saturated rings. The number of rotatable bonds is 4. The van der Waals surface area contributed by atoms with Crippen LogP contribution in [0.5, 0.6) is 0 Å². The third-order valence-corrected chi connectivity index (χ3v) is 5.67. The monoisotopic (exact) mass is 416 g/mol. The van der Waals surface area contributed by atoms with Crippen LogP contribution >= 0.6 is 0 Å². The Balaban J connectivity index is 1.48. The number of likely N-dealkylation sites (tertiary alicyclic amines) is 1. The fourth-order valence-electron chi connectivity index (χ4n) is 3.92. The molecule has 2 heterocycles. The van der Waals surface area contributed by atoms with Gasteiger partial charge in [0.2, 0.25) is 0 Å². The van der Waals surface area contributed by atoms with Gasteiger partial charge in [-0.1, -0.05) is 12.1 Å². The van der Waals surface area contributed by atoms with Gasteiger partial charge in [0.15, 0.2) is 0 Å². The number of piperidine rings is 1. The van der Waals surface area contributed by atoms with E-state index in [-0.39, 0.29) is 11.5 Å². The molecular weight excluding hydrogens is 395 g/mol. The second-order valence-electron chi connectivity index (χ2n) is 7.79. The van der Waals surface area contributed by atoms with Gasteiger partial charge in [0.25, 0.3) is 5.91 Å². The number of amides is 1. The molecule has 0 spiro atoms. The Morgan fingerprint density at radius 1 is 1.16 bits per heavy atom. The number of hydrogen-bond acceptors (Lipinski definition) is 5. The molecule has 4 rings (SSSR count). The van der Waals surface area contributed by atoms with E-state index in [0.29, 0.717) is 49.2 Å². The highest BCUT2D eigenvalue weighted by atomic mass is 19.1. The highest BCUT2D eigenvalue weighted by Crippen LogP contribution is 2.29. The Kier molecular flexibility index (Phi) is 5.74. The zero-order valence-electron chi connectivity index (χ0n) is 16.8. The first-order valence-corrected chi connectivity index (χ1v) is 10.0. The molecule has 0 aliphatic carbocycles. The van der Waals surface area contributed by atoms with Crippen LogP contribution in [0.4, 0.5) is 4.39 Å². The fourth-order valence-corrected chi connectivity index (χ4v) is 3.92. The van der Waals surface area contributed by atoms with E-state index < -0.39 is 11.4 Å². The van der Waals surface area contributed by atoms with Crippen molar-refractivity contribution < 1.29 is 14.3 Å². The van der Waals surface area contributed by atoms with Crippen molar-refractivity contribution in [3.63, 3.8) is 0 Å². The molecule has 156 valence electrons. The van der Waals surface area contributed by atoms with Crippen molar-refractivity contribution in [2.45, 2.75) is 24.9 Å². The molecule has 1 amide bonds. The number of halogens is 1. The first-order valence-electron chi connectivity index (χ1n) is 10.0. The van der Waals surface area contributed by atoms with Crippen molar-refractivity contribution in [2.75, 3.05) is 13.1 Å². The molecule has 2 aromatic carbocycles. The lowest BCUT2D eigenvalue weighted by molar-refractivity contribution is -0.0162. The van der Waals surface area contributed by atoms with Crippen LogP contribution in [-0.4, -0.2) is 44.6 Å². The van der Waals surface area contributed by atoms with Crippen molar-refractivity contribution in [3.05, 3.63) is 83.6 Å². The summed E-state index contributed by atoms with van der Waals surface area (Å²) in [6, 6.07) is 15.0. The molecular formula is C24H21FN4O2. The van der Waals surface area contributed by atoms with E-state index in [9.17, 15) is 14.3 Å². The van der Waals surface area contributed by atoms with Gasteiger partial charge in [-0.2, -0.15) is 5.26 Å². The van der Waals surface area contributed by atoms with Crippen molar-refractivity contribution in [1.29, 1.82) is 5.26 Å². The molecule has 0 radical (unpaired) electrons. The van der Waals surface area contributed by atoms with Gasteiger partial charge in [-0.25, -0.2) is 14.4 Å². The average Bonchev–Trinajstić information content (AvgIpc) is 2.80. The van der Waals surface area contributed by atoms with Gasteiger partial charge in [0, 0.05) is 31.3 Å². The molecule has 3 aromatic rings. The van der Waals surface area contributed by atoms with Crippen molar-refractivity contribution in [1.82, 2.24) is 14.9 Å². The Bertz CT molecular complexity index is 1120. The highest BCUT2D eigenvalue weighted by molar-refractivity contribution is 6.00. The first kappa shape index (κ1) is 20.6. The third-order valence-electron chi connectivity index (χ3n) is 5.67. The zero-order chi connectivity index (χ0) is 21.8. The molecule has 0 unspecified atom stereocenters. The van der Waals surface area contributed by atoms with Gasteiger partial charge in [0.1, 0.15) is 12.1 Å². The predicted octanol–water partition coefficient (Wildman–Crippen LogP) is 3.36. The maximum absolute atomic E-state index is 13.9. The molecule has 7 heteroatoms. The summed E-state index contributed by atoms with van der Waals surface area (Å²) in [6.45, 7) is 0.733. The summed E-state index contributed by atoms with van der Waals surface area (Å²) in [7, 11) is 0. The minimum Gasteiger partial charge on any atom is -0.389 e. The fraction of sp³-hybridized carbons (Fsp3) is 0.250. The van der Waals surface area contributed by atoms with E-state index in [1.165, 1.54) is 18.5 Å². The van der Waals surface area contributed by atoms with Crippen LogP contribution in [0.15, 0.2) is 61.1 Å². The topological polar surface area (TPSA) is 90.1 Å². The number of carbonyl (C=O) groups is 1. The van der Waals surface area contributed by atoms with E-state index in [1.807, 2.05) is 12.1 Å². The lowest BCUT2D eigenvalue weighted by atomic mass is 9.85. The second kappa shape index (κ2) is 8.62. The highest BCUT2D eigenvalue weighted by Gasteiger charge is 2.35. The molecule has 31 heavy (non-hydrogen) atoms. The van der Waals surface area contributed by atoms with E-state index in [1.54, 1.807) is 35.4 Å². The van der Waals surface area contributed by atoms with Crippen LogP contribution in [0.25, 0.3) is 11.3 Å². The molecule has 0 atom stereocenters. The summed E-state index contributed by atoms with van der Waals surface area (Å²) in [5.74, 6) is -0.774. The number of carbonyl (C=O) groups excluding carboxylic acids is 1. The lowest BCUT2D eigenvalue weighted by Crippen LogP contribution is -2.47. The van der Waals surface area contributed by atoms with Gasteiger partial charge in [-0.15, -0.1) is 0 Å². The van der Waals surface area contributed by atoms with Crippen LogP contribution in [0.1, 0.15) is 34.3 Å². The van der Waals surface area contributed by atoms with Crippen LogP contribution in [0.2, 0.25) is 0 Å². The van der Waals surface area contributed by atoms with E-state index in [0.717, 1.165) is 5.56 Å². The SMILES string of the molecule is N#Cc1ccc(CC2(O)CCN(C(=O)c3cc(F)ccc3-c3ccncn3)CC2)cc1. The van der Waals surface area contributed by atoms with Gasteiger partial charge in [0.05, 0.1) is 28.5 Å². The molecule has 0 saturated carbocycles. The summed E-state index contributed by atoms with van der Waals surface area (Å²) in [4.78, 5) is 22.9. The molecule has 6 nitrogen and oxygen atoms in total. The van der Waals surface area contributed by atoms with Crippen LogP contribution in [0.3, 0.4) is 0 Å². The smallest absolute Gasteiger partial charge is 0.254 e. The maximum Gasteiger partial charge on any atom is 0.254 e. The number of benzene rings is 2. The minimum absolute atomic E-state index is 0.247. The van der Waals surface area contributed by atoms with Gasteiger partial charge < -0.3 is 10.0 Å². The molecule has 1 aromatic heterocycles. The minimum atomic E-state index is -0.928. The maximum atomic E-state index is 13.9. The summed E-state index contributed by atoms with van der Waals surface area (Å²) in [5, 5.41) is 19.9. The number of aliphatic hydroxyl groups is 1. The normalized spacial score (nSPS) is 15.3. The second-order valence-corrected chi connectivity index (χ2v) is 7.79. The number of nitrogens with zero attached hydrogens (tertiary/aromatic N) is 4. The average molecular weight is 416 g/mol. The lowest BCUT2D eigenvalue weighted by Gasteiger charge is -2.38. The summed E-state index contributed by atoms with van der Waals surface area (Å²) in [5.41, 5.74) is 1.93. The number of nitriles is 1. The van der Waals surface area contributed by atoms with Crippen molar-refractivity contribution >= 4 is 5.91 Å². The van der Waals surface area contributed by atoms with E-state index in [4.69, 9.17) is 5.26 Å². The molecule has 1 N–H and O–H groups in total. The Hall–Kier alpha value is -3.63.